The van der Waals surface area contributed by atoms with E-state index >= 15 is 0 Å². The van der Waals surface area contributed by atoms with Gasteiger partial charge in [-0.15, -0.1) is 0 Å². The SMILES string of the molecule is CCCNC(Cc1ccnc2ccccc12)CC(C)C. The number of benzene rings is 1. The molecule has 0 aliphatic heterocycles. The standard InChI is InChI=1S/C18H26N2/c1-4-10-19-16(12-14(2)3)13-15-9-11-20-18-8-6-5-7-17(15)18/h5-9,11,14,16,19H,4,10,12-13H2,1-3H3. The molecule has 2 aromatic rings. The van der Waals surface area contributed by atoms with E-state index in [4.69, 9.17) is 0 Å². The van der Waals surface area contributed by atoms with E-state index in [2.05, 4.69) is 61.4 Å². The van der Waals surface area contributed by atoms with Gasteiger partial charge in [-0.05, 0) is 49.4 Å². The second kappa shape index (κ2) is 7.39. The molecule has 108 valence electrons. The average molecular weight is 270 g/mol. The van der Waals surface area contributed by atoms with Crippen LogP contribution in [0.3, 0.4) is 0 Å². The lowest BCUT2D eigenvalue weighted by atomic mass is 9.95. The summed E-state index contributed by atoms with van der Waals surface area (Å²) in [6, 6.07) is 11.2. The predicted octanol–water partition coefficient (Wildman–Crippen LogP) is 4.19. The van der Waals surface area contributed by atoms with E-state index in [1.165, 1.54) is 23.8 Å². The van der Waals surface area contributed by atoms with Crippen molar-refractivity contribution in [3.8, 4) is 0 Å². The van der Waals surface area contributed by atoms with Gasteiger partial charge in [0.2, 0.25) is 0 Å². The lowest BCUT2D eigenvalue weighted by Gasteiger charge is -2.21. The Morgan fingerprint density at radius 1 is 1.15 bits per heavy atom. The van der Waals surface area contributed by atoms with E-state index in [0.717, 1.165) is 24.4 Å². The van der Waals surface area contributed by atoms with Crippen LogP contribution in [0.25, 0.3) is 10.9 Å². The highest BCUT2D eigenvalue weighted by atomic mass is 14.9. The molecule has 0 fully saturated rings. The van der Waals surface area contributed by atoms with E-state index in [1.54, 1.807) is 0 Å². The zero-order valence-electron chi connectivity index (χ0n) is 12.9. The van der Waals surface area contributed by atoms with Gasteiger partial charge < -0.3 is 5.32 Å². The summed E-state index contributed by atoms with van der Waals surface area (Å²) in [6.45, 7) is 7.91. The Kier molecular flexibility index (Phi) is 5.54. The first-order valence-electron chi connectivity index (χ1n) is 7.76. The summed E-state index contributed by atoms with van der Waals surface area (Å²) in [7, 11) is 0. The van der Waals surface area contributed by atoms with Gasteiger partial charge in [-0.2, -0.15) is 0 Å². The van der Waals surface area contributed by atoms with E-state index in [0.29, 0.717) is 6.04 Å². The average Bonchev–Trinajstić information content (AvgIpc) is 2.44. The Labute approximate surface area is 122 Å². The predicted molar refractivity (Wildman–Crippen MR) is 87.0 cm³/mol. The molecule has 2 nitrogen and oxygen atoms in total. The van der Waals surface area contributed by atoms with Gasteiger partial charge in [0.05, 0.1) is 5.52 Å². The third kappa shape index (κ3) is 4.04. The number of rotatable bonds is 7. The maximum absolute atomic E-state index is 4.45. The number of nitrogens with one attached hydrogen (secondary N) is 1. The number of pyridine rings is 1. The largest absolute Gasteiger partial charge is 0.314 e. The fourth-order valence-electron chi connectivity index (χ4n) is 2.75. The molecule has 1 N–H and O–H groups in total. The number of nitrogens with zero attached hydrogens (tertiary/aromatic N) is 1. The van der Waals surface area contributed by atoms with Crippen molar-refractivity contribution in [3.05, 3.63) is 42.1 Å². The highest BCUT2D eigenvalue weighted by Crippen LogP contribution is 2.19. The number of para-hydroxylation sites is 1. The minimum atomic E-state index is 0.556. The van der Waals surface area contributed by atoms with Crippen molar-refractivity contribution in [2.45, 2.75) is 46.1 Å². The van der Waals surface area contributed by atoms with Gasteiger partial charge in [-0.1, -0.05) is 39.0 Å². The Balaban J connectivity index is 2.18. The van der Waals surface area contributed by atoms with E-state index < -0.39 is 0 Å². The lowest BCUT2D eigenvalue weighted by molar-refractivity contribution is 0.417. The van der Waals surface area contributed by atoms with Gasteiger partial charge in [-0.25, -0.2) is 0 Å². The fourth-order valence-corrected chi connectivity index (χ4v) is 2.75. The number of hydrogen-bond acceptors (Lipinski definition) is 2. The molecule has 1 heterocycles. The van der Waals surface area contributed by atoms with Crippen molar-refractivity contribution >= 4 is 10.9 Å². The summed E-state index contributed by atoms with van der Waals surface area (Å²) >= 11 is 0. The third-order valence-corrected chi connectivity index (χ3v) is 3.64. The maximum atomic E-state index is 4.45. The molecule has 1 unspecified atom stereocenters. The van der Waals surface area contributed by atoms with Crippen LogP contribution in [-0.2, 0) is 6.42 Å². The highest BCUT2D eigenvalue weighted by molar-refractivity contribution is 5.81. The molecule has 20 heavy (non-hydrogen) atoms. The summed E-state index contributed by atoms with van der Waals surface area (Å²) in [5.74, 6) is 0.720. The molecule has 0 bridgehead atoms. The van der Waals surface area contributed by atoms with Gasteiger partial charge in [0, 0.05) is 17.6 Å². The molecule has 2 heteroatoms. The lowest BCUT2D eigenvalue weighted by Crippen LogP contribution is -2.33. The quantitative estimate of drug-likeness (QED) is 0.816. The van der Waals surface area contributed by atoms with Crippen LogP contribution in [0.4, 0.5) is 0 Å². The van der Waals surface area contributed by atoms with Crippen LogP contribution in [0.2, 0.25) is 0 Å². The molecule has 0 spiro atoms. The van der Waals surface area contributed by atoms with Crippen LogP contribution in [-0.4, -0.2) is 17.6 Å². The minimum Gasteiger partial charge on any atom is -0.314 e. The van der Waals surface area contributed by atoms with Crippen molar-refractivity contribution in [3.63, 3.8) is 0 Å². The normalized spacial score (nSPS) is 13.0. The van der Waals surface area contributed by atoms with Crippen molar-refractivity contribution in [1.82, 2.24) is 10.3 Å². The second-order valence-electron chi connectivity index (χ2n) is 5.97. The zero-order chi connectivity index (χ0) is 14.4. The number of hydrogen-bond donors (Lipinski definition) is 1. The Bertz CT molecular complexity index is 528. The first-order chi connectivity index (χ1) is 9.70. The van der Waals surface area contributed by atoms with Crippen molar-refractivity contribution in [2.75, 3.05) is 6.54 Å². The Morgan fingerprint density at radius 2 is 1.95 bits per heavy atom. The minimum absolute atomic E-state index is 0.556. The van der Waals surface area contributed by atoms with Crippen LogP contribution in [0.5, 0.6) is 0 Å². The molecule has 0 aliphatic rings. The second-order valence-corrected chi connectivity index (χ2v) is 5.97. The fraction of sp³-hybridized carbons (Fsp3) is 0.500. The molecule has 0 saturated heterocycles. The smallest absolute Gasteiger partial charge is 0.0704 e. The van der Waals surface area contributed by atoms with E-state index in [-0.39, 0.29) is 0 Å². The van der Waals surface area contributed by atoms with E-state index in [1.807, 2.05) is 6.20 Å². The van der Waals surface area contributed by atoms with Crippen molar-refractivity contribution in [2.24, 2.45) is 5.92 Å². The topological polar surface area (TPSA) is 24.9 Å². The molecule has 0 saturated carbocycles. The van der Waals surface area contributed by atoms with Gasteiger partial charge in [0.15, 0.2) is 0 Å². The maximum Gasteiger partial charge on any atom is 0.0704 e. The summed E-state index contributed by atoms with van der Waals surface area (Å²) < 4.78 is 0. The Hall–Kier alpha value is -1.41. The zero-order valence-corrected chi connectivity index (χ0v) is 12.9. The molecular weight excluding hydrogens is 244 g/mol. The monoisotopic (exact) mass is 270 g/mol. The summed E-state index contributed by atoms with van der Waals surface area (Å²) in [5, 5.41) is 4.99. The molecule has 2 rings (SSSR count). The molecule has 1 atom stereocenters. The van der Waals surface area contributed by atoms with Crippen LogP contribution >= 0.6 is 0 Å². The molecule has 0 radical (unpaired) electrons. The summed E-state index contributed by atoms with van der Waals surface area (Å²) in [5.41, 5.74) is 2.51. The first-order valence-corrected chi connectivity index (χ1v) is 7.76. The van der Waals surface area contributed by atoms with Crippen molar-refractivity contribution in [1.29, 1.82) is 0 Å². The van der Waals surface area contributed by atoms with E-state index in [9.17, 15) is 0 Å². The molecule has 0 amide bonds. The summed E-state index contributed by atoms with van der Waals surface area (Å²) in [4.78, 5) is 4.45. The third-order valence-electron chi connectivity index (χ3n) is 3.64. The van der Waals surface area contributed by atoms with Gasteiger partial charge >= 0.3 is 0 Å². The number of aromatic nitrogens is 1. The van der Waals surface area contributed by atoms with Crippen LogP contribution < -0.4 is 5.32 Å². The Morgan fingerprint density at radius 3 is 2.70 bits per heavy atom. The summed E-state index contributed by atoms with van der Waals surface area (Å²) in [6.07, 6.45) is 5.42. The number of fused-ring (bicyclic) bond motifs is 1. The van der Waals surface area contributed by atoms with Crippen LogP contribution in [0.15, 0.2) is 36.5 Å². The van der Waals surface area contributed by atoms with Gasteiger partial charge in [-0.3, -0.25) is 4.98 Å². The molecule has 1 aromatic carbocycles. The highest BCUT2D eigenvalue weighted by Gasteiger charge is 2.12. The molecular formula is C18H26N2. The molecule has 1 aromatic heterocycles. The van der Waals surface area contributed by atoms with Gasteiger partial charge in [0.1, 0.15) is 0 Å². The molecule has 0 aliphatic carbocycles. The van der Waals surface area contributed by atoms with Crippen LogP contribution in [0.1, 0.15) is 39.2 Å². The van der Waals surface area contributed by atoms with Gasteiger partial charge in [0.25, 0.3) is 0 Å². The first kappa shape index (κ1) is 15.0. The van der Waals surface area contributed by atoms with Crippen LogP contribution in [0, 0.1) is 5.92 Å². The van der Waals surface area contributed by atoms with Crippen molar-refractivity contribution < 1.29 is 0 Å².